The summed E-state index contributed by atoms with van der Waals surface area (Å²) in [5.74, 6) is 2.59. The number of nitrogens with zero attached hydrogens (tertiary/aromatic N) is 4. The molecule has 2 aliphatic rings. The first-order valence-electron chi connectivity index (χ1n) is 10.5. The number of hydrogen-bond acceptors (Lipinski definition) is 6. The van der Waals surface area contributed by atoms with Crippen molar-refractivity contribution in [3.8, 4) is 11.5 Å². The molecule has 2 aromatic rings. The Morgan fingerprint density at radius 3 is 2.70 bits per heavy atom. The topological polar surface area (TPSA) is 67.8 Å². The second-order valence-corrected chi connectivity index (χ2v) is 8.34. The van der Waals surface area contributed by atoms with Crippen molar-refractivity contribution >= 4 is 11.7 Å². The normalized spacial score (nSPS) is 21.4. The lowest BCUT2D eigenvalue weighted by molar-refractivity contribution is -0.145. The Morgan fingerprint density at radius 2 is 1.93 bits per heavy atom. The molecule has 1 unspecified atom stereocenters. The van der Waals surface area contributed by atoms with Crippen LogP contribution >= 0.6 is 0 Å². The van der Waals surface area contributed by atoms with Gasteiger partial charge in [0.2, 0.25) is 5.91 Å². The van der Waals surface area contributed by atoms with E-state index in [1.165, 1.54) is 0 Å². The van der Waals surface area contributed by atoms with E-state index in [2.05, 4.69) is 21.8 Å². The lowest BCUT2D eigenvalue weighted by atomic mass is 9.78. The zero-order chi connectivity index (χ0) is 21.3. The number of aromatic nitrogens is 2. The fourth-order valence-electron chi connectivity index (χ4n) is 4.86. The molecule has 1 atom stereocenters. The van der Waals surface area contributed by atoms with Gasteiger partial charge in [-0.25, -0.2) is 9.97 Å². The van der Waals surface area contributed by atoms with Crippen molar-refractivity contribution in [3.05, 3.63) is 41.3 Å². The first-order chi connectivity index (χ1) is 14.5. The molecule has 4 rings (SSSR count). The summed E-state index contributed by atoms with van der Waals surface area (Å²) in [5, 5.41) is 0. The first-order valence-corrected chi connectivity index (χ1v) is 10.5. The van der Waals surface area contributed by atoms with E-state index in [1.54, 1.807) is 20.5 Å². The van der Waals surface area contributed by atoms with Crippen LogP contribution in [0.15, 0.2) is 24.5 Å². The van der Waals surface area contributed by atoms with E-state index in [0.29, 0.717) is 18.0 Å². The quantitative estimate of drug-likeness (QED) is 0.754. The summed E-state index contributed by atoms with van der Waals surface area (Å²) in [6.45, 7) is 6.93. The van der Waals surface area contributed by atoms with E-state index in [1.807, 2.05) is 30.0 Å². The second-order valence-electron chi connectivity index (χ2n) is 8.34. The van der Waals surface area contributed by atoms with Gasteiger partial charge in [-0.2, -0.15) is 0 Å². The molecule has 1 aromatic heterocycles. The number of rotatable bonds is 5. The van der Waals surface area contributed by atoms with Gasteiger partial charge in [0.1, 0.15) is 12.1 Å². The highest BCUT2D eigenvalue weighted by Gasteiger charge is 2.49. The number of likely N-dealkylation sites (tertiary alicyclic amines) is 1. The minimum atomic E-state index is -0.338. The Labute approximate surface area is 178 Å². The fraction of sp³-hybridized carbons (Fsp3) is 0.522. The van der Waals surface area contributed by atoms with Gasteiger partial charge in [0, 0.05) is 43.0 Å². The number of ether oxygens (including phenoxy) is 2. The van der Waals surface area contributed by atoms with Gasteiger partial charge in [-0.3, -0.25) is 4.79 Å². The zero-order valence-corrected chi connectivity index (χ0v) is 18.3. The molecule has 3 heterocycles. The molecule has 0 radical (unpaired) electrons. The Hall–Kier alpha value is -2.83. The summed E-state index contributed by atoms with van der Waals surface area (Å²) in [5.41, 5.74) is 2.72. The molecule has 0 aliphatic carbocycles. The number of piperidine rings is 1. The number of carbonyl (C=O) groups excluding carboxylic acids is 1. The highest BCUT2D eigenvalue weighted by molar-refractivity contribution is 5.85. The molecule has 7 heteroatoms. The van der Waals surface area contributed by atoms with Crippen molar-refractivity contribution in [1.29, 1.82) is 0 Å². The Morgan fingerprint density at radius 1 is 1.10 bits per heavy atom. The summed E-state index contributed by atoms with van der Waals surface area (Å²) in [6.07, 6.45) is 4.41. The summed E-state index contributed by atoms with van der Waals surface area (Å²) >= 11 is 0. The Balaban J connectivity index is 1.55. The molecule has 0 bridgehead atoms. The summed E-state index contributed by atoms with van der Waals surface area (Å²) in [7, 11) is 3.27. The third-order valence-corrected chi connectivity index (χ3v) is 6.63. The molecule has 30 heavy (non-hydrogen) atoms. The van der Waals surface area contributed by atoms with E-state index in [-0.39, 0.29) is 11.3 Å². The largest absolute Gasteiger partial charge is 0.493 e. The van der Waals surface area contributed by atoms with Crippen LogP contribution in [0.3, 0.4) is 0 Å². The first kappa shape index (κ1) is 20.4. The number of carbonyl (C=O) groups is 1. The van der Waals surface area contributed by atoms with Gasteiger partial charge in [-0.15, -0.1) is 0 Å². The molecule has 0 N–H and O–H groups in total. The molecule has 2 saturated heterocycles. The number of methoxy groups -OCH3 is 2. The number of benzene rings is 1. The van der Waals surface area contributed by atoms with Crippen molar-refractivity contribution in [1.82, 2.24) is 14.9 Å². The van der Waals surface area contributed by atoms with Crippen LogP contribution in [0.2, 0.25) is 0 Å². The Bertz CT molecular complexity index is 948. The molecule has 160 valence electrons. The van der Waals surface area contributed by atoms with Crippen LogP contribution < -0.4 is 14.4 Å². The van der Waals surface area contributed by atoms with Crippen LogP contribution in [0, 0.1) is 19.3 Å². The number of hydrogen-bond donors (Lipinski definition) is 0. The van der Waals surface area contributed by atoms with Crippen LogP contribution in [0.4, 0.5) is 5.82 Å². The lowest BCUT2D eigenvalue weighted by Gasteiger charge is -2.39. The third-order valence-electron chi connectivity index (χ3n) is 6.63. The van der Waals surface area contributed by atoms with Gasteiger partial charge >= 0.3 is 0 Å². The maximum Gasteiger partial charge on any atom is 0.230 e. The third kappa shape index (κ3) is 3.46. The molecule has 0 saturated carbocycles. The Kier molecular flexibility index (Phi) is 5.54. The van der Waals surface area contributed by atoms with Gasteiger partial charge < -0.3 is 19.3 Å². The minimum absolute atomic E-state index is 0.240. The van der Waals surface area contributed by atoms with Crippen LogP contribution in [-0.2, 0) is 11.3 Å². The van der Waals surface area contributed by atoms with E-state index in [9.17, 15) is 4.79 Å². The van der Waals surface area contributed by atoms with E-state index in [0.717, 1.165) is 61.5 Å². The molecule has 1 aromatic carbocycles. The lowest BCUT2D eigenvalue weighted by Crippen LogP contribution is -2.49. The SMILES string of the molecule is COc1cccc(CN2CCCC3(CCN(c4ncnc(C)c4C)C3)C2=O)c1OC. The van der Waals surface area contributed by atoms with Crippen LogP contribution in [0.1, 0.15) is 36.1 Å². The number of para-hydroxylation sites is 1. The summed E-state index contributed by atoms with van der Waals surface area (Å²) in [6, 6.07) is 5.82. The van der Waals surface area contributed by atoms with E-state index in [4.69, 9.17) is 9.47 Å². The van der Waals surface area contributed by atoms with Crippen molar-refractivity contribution in [3.63, 3.8) is 0 Å². The maximum atomic E-state index is 13.6. The smallest absolute Gasteiger partial charge is 0.230 e. The molecule has 7 nitrogen and oxygen atoms in total. The van der Waals surface area contributed by atoms with Crippen molar-refractivity contribution in [2.75, 3.05) is 38.8 Å². The zero-order valence-electron chi connectivity index (χ0n) is 18.3. The average molecular weight is 411 g/mol. The number of amides is 1. The fourth-order valence-corrected chi connectivity index (χ4v) is 4.86. The van der Waals surface area contributed by atoms with Crippen LogP contribution in [0.5, 0.6) is 11.5 Å². The van der Waals surface area contributed by atoms with Crippen molar-refractivity contribution < 1.29 is 14.3 Å². The van der Waals surface area contributed by atoms with Gasteiger partial charge in [0.25, 0.3) is 0 Å². The minimum Gasteiger partial charge on any atom is -0.493 e. The average Bonchev–Trinajstić information content (AvgIpc) is 3.18. The highest BCUT2D eigenvalue weighted by Crippen LogP contribution is 2.43. The summed E-state index contributed by atoms with van der Waals surface area (Å²) in [4.78, 5) is 26.7. The second kappa shape index (κ2) is 8.13. The van der Waals surface area contributed by atoms with Crippen molar-refractivity contribution in [2.45, 2.75) is 39.7 Å². The molecular formula is C23H30N4O3. The monoisotopic (exact) mass is 410 g/mol. The standard InChI is InChI=1S/C23H30N4O3/c1-16-17(2)24-15-25-21(16)27-12-10-23(14-27)9-6-11-26(22(23)28)13-18-7-5-8-19(29-3)20(18)30-4/h5,7-8,15H,6,9-14H2,1-4H3. The number of anilines is 1. The molecule has 1 amide bonds. The molecule has 2 aliphatic heterocycles. The van der Waals surface area contributed by atoms with Gasteiger partial charge in [0.15, 0.2) is 11.5 Å². The van der Waals surface area contributed by atoms with Gasteiger partial charge in [-0.1, -0.05) is 12.1 Å². The van der Waals surface area contributed by atoms with Gasteiger partial charge in [-0.05, 0) is 39.2 Å². The maximum absolute atomic E-state index is 13.6. The highest BCUT2D eigenvalue weighted by atomic mass is 16.5. The number of aryl methyl sites for hydroxylation is 1. The molecule has 1 spiro atoms. The van der Waals surface area contributed by atoms with Crippen molar-refractivity contribution in [2.24, 2.45) is 5.41 Å². The van der Waals surface area contributed by atoms with E-state index >= 15 is 0 Å². The molecule has 2 fully saturated rings. The van der Waals surface area contributed by atoms with E-state index < -0.39 is 0 Å². The summed E-state index contributed by atoms with van der Waals surface area (Å²) < 4.78 is 11.0. The predicted molar refractivity (Wildman–Crippen MR) is 115 cm³/mol. The van der Waals surface area contributed by atoms with Crippen LogP contribution in [-0.4, -0.2) is 54.6 Å². The van der Waals surface area contributed by atoms with Crippen LogP contribution in [0.25, 0.3) is 0 Å². The predicted octanol–water partition coefficient (Wildman–Crippen LogP) is 3.13. The van der Waals surface area contributed by atoms with Gasteiger partial charge in [0.05, 0.1) is 19.6 Å². The molecular weight excluding hydrogens is 380 g/mol.